The van der Waals surface area contributed by atoms with Crippen LogP contribution in [0.3, 0.4) is 0 Å². The van der Waals surface area contributed by atoms with Crippen LogP contribution < -0.4 is 10.2 Å². The van der Waals surface area contributed by atoms with Gasteiger partial charge in [-0.2, -0.15) is 0 Å². The summed E-state index contributed by atoms with van der Waals surface area (Å²) in [6.07, 6.45) is 1.69. The van der Waals surface area contributed by atoms with Gasteiger partial charge in [-0.1, -0.05) is 30.0 Å². The Balaban J connectivity index is 2.18. The summed E-state index contributed by atoms with van der Waals surface area (Å²) in [6.45, 7) is 4.13. The molecule has 23 heavy (non-hydrogen) atoms. The normalized spacial score (nSPS) is 12.9. The van der Waals surface area contributed by atoms with Gasteiger partial charge in [0.15, 0.2) is 0 Å². The highest BCUT2D eigenvalue weighted by molar-refractivity contribution is 7.99. The molecule has 5 heteroatoms. The highest BCUT2D eigenvalue weighted by atomic mass is 32.2. The number of carbonyl (C=O) groups is 2. The maximum Gasteiger partial charge on any atom is 0.259 e. The minimum absolute atomic E-state index is 0.0826. The number of benzene rings is 2. The average Bonchev–Trinajstić information content (AvgIpc) is 2.70. The lowest BCUT2D eigenvalue weighted by atomic mass is 10.1. The van der Waals surface area contributed by atoms with Crippen LogP contribution in [0.15, 0.2) is 64.9 Å². The molecule has 0 saturated heterocycles. The fraction of sp³-hybridized carbons (Fsp3) is 0.111. The Morgan fingerprint density at radius 2 is 2.04 bits per heavy atom. The second kappa shape index (κ2) is 6.30. The molecule has 0 unspecified atom stereocenters. The van der Waals surface area contributed by atoms with Crippen molar-refractivity contribution in [2.24, 2.45) is 0 Å². The molecule has 1 aliphatic rings. The first-order valence-electron chi connectivity index (χ1n) is 7.21. The zero-order valence-electron chi connectivity index (χ0n) is 12.7. The molecule has 116 valence electrons. The predicted octanol–water partition coefficient (Wildman–Crippen LogP) is 3.34. The van der Waals surface area contributed by atoms with Crippen molar-refractivity contribution in [3.05, 3.63) is 66.2 Å². The minimum atomic E-state index is -0.175. The number of rotatable bonds is 3. The van der Waals surface area contributed by atoms with Crippen molar-refractivity contribution in [1.82, 2.24) is 5.32 Å². The van der Waals surface area contributed by atoms with Gasteiger partial charge in [-0.15, -0.1) is 6.58 Å². The van der Waals surface area contributed by atoms with Crippen LogP contribution in [0.1, 0.15) is 20.7 Å². The van der Waals surface area contributed by atoms with Crippen LogP contribution in [-0.4, -0.2) is 25.4 Å². The Hall–Kier alpha value is -2.53. The van der Waals surface area contributed by atoms with Crippen LogP contribution in [0.5, 0.6) is 0 Å². The van der Waals surface area contributed by atoms with Gasteiger partial charge in [0.1, 0.15) is 0 Å². The van der Waals surface area contributed by atoms with Gasteiger partial charge in [0, 0.05) is 28.9 Å². The third-order valence-electron chi connectivity index (χ3n) is 3.63. The van der Waals surface area contributed by atoms with Crippen LogP contribution in [-0.2, 0) is 0 Å². The van der Waals surface area contributed by atoms with Crippen molar-refractivity contribution in [2.45, 2.75) is 9.79 Å². The lowest BCUT2D eigenvalue weighted by molar-refractivity contribution is 0.0959. The zero-order chi connectivity index (χ0) is 16.4. The van der Waals surface area contributed by atoms with Crippen LogP contribution in [0.4, 0.5) is 5.69 Å². The molecule has 2 aromatic carbocycles. The Bertz CT molecular complexity index is 801. The van der Waals surface area contributed by atoms with E-state index in [0.717, 1.165) is 15.5 Å². The molecule has 0 saturated carbocycles. The molecule has 4 nitrogen and oxygen atoms in total. The van der Waals surface area contributed by atoms with Crippen molar-refractivity contribution in [1.29, 1.82) is 0 Å². The van der Waals surface area contributed by atoms with E-state index in [0.29, 0.717) is 17.7 Å². The van der Waals surface area contributed by atoms with Crippen LogP contribution in [0.25, 0.3) is 0 Å². The van der Waals surface area contributed by atoms with Gasteiger partial charge in [0.05, 0.1) is 11.3 Å². The van der Waals surface area contributed by atoms with E-state index in [-0.39, 0.29) is 11.8 Å². The number of carbonyl (C=O) groups excluding carboxylic acids is 2. The zero-order valence-corrected chi connectivity index (χ0v) is 13.5. The molecule has 0 atom stereocenters. The molecule has 3 rings (SSSR count). The van der Waals surface area contributed by atoms with Gasteiger partial charge in [0.2, 0.25) is 0 Å². The summed E-state index contributed by atoms with van der Waals surface area (Å²) in [6, 6.07) is 13.0. The first-order chi connectivity index (χ1) is 11.2. The fourth-order valence-electron chi connectivity index (χ4n) is 2.52. The molecule has 2 amide bonds. The summed E-state index contributed by atoms with van der Waals surface area (Å²) < 4.78 is 0. The van der Waals surface area contributed by atoms with E-state index in [1.54, 1.807) is 30.2 Å². The quantitative estimate of drug-likeness (QED) is 0.881. The summed E-state index contributed by atoms with van der Waals surface area (Å²) in [7, 11) is 1.59. The Morgan fingerprint density at radius 3 is 2.78 bits per heavy atom. The topological polar surface area (TPSA) is 49.4 Å². The summed E-state index contributed by atoms with van der Waals surface area (Å²) in [5.74, 6) is -0.258. The Kier molecular flexibility index (Phi) is 4.21. The molecule has 0 spiro atoms. The number of fused-ring (bicyclic) bond motifs is 2. The molecule has 0 fully saturated rings. The van der Waals surface area contributed by atoms with Crippen LogP contribution in [0.2, 0.25) is 0 Å². The van der Waals surface area contributed by atoms with Gasteiger partial charge < -0.3 is 10.2 Å². The van der Waals surface area contributed by atoms with E-state index in [2.05, 4.69) is 11.9 Å². The van der Waals surface area contributed by atoms with E-state index in [1.807, 2.05) is 30.3 Å². The van der Waals surface area contributed by atoms with E-state index in [1.165, 1.54) is 11.8 Å². The minimum Gasteiger partial charge on any atom is -0.355 e. The summed E-state index contributed by atoms with van der Waals surface area (Å²) in [5.41, 5.74) is 1.92. The molecule has 0 aliphatic carbocycles. The van der Waals surface area contributed by atoms with Crippen molar-refractivity contribution in [3.63, 3.8) is 0 Å². The van der Waals surface area contributed by atoms with E-state index in [9.17, 15) is 9.59 Å². The fourth-order valence-corrected chi connectivity index (χ4v) is 3.57. The summed E-state index contributed by atoms with van der Waals surface area (Å²) in [4.78, 5) is 28.3. The number of nitrogens with one attached hydrogen (secondary N) is 1. The van der Waals surface area contributed by atoms with E-state index < -0.39 is 0 Å². The molecule has 0 aromatic heterocycles. The molecule has 0 bridgehead atoms. The lowest BCUT2D eigenvalue weighted by Crippen LogP contribution is -2.31. The lowest BCUT2D eigenvalue weighted by Gasteiger charge is -2.22. The number of hydrogen-bond donors (Lipinski definition) is 1. The number of hydrogen-bond acceptors (Lipinski definition) is 3. The second-order valence-electron chi connectivity index (χ2n) is 5.06. The number of amides is 2. The summed E-state index contributed by atoms with van der Waals surface area (Å²) in [5, 5.41) is 2.61. The van der Waals surface area contributed by atoms with E-state index in [4.69, 9.17) is 0 Å². The highest BCUT2D eigenvalue weighted by Crippen LogP contribution is 2.41. The molecule has 0 radical (unpaired) electrons. The smallest absolute Gasteiger partial charge is 0.259 e. The molecule has 2 aromatic rings. The number of nitrogens with zero attached hydrogens (tertiary/aromatic N) is 1. The predicted molar refractivity (Wildman–Crippen MR) is 92.3 cm³/mol. The Labute approximate surface area is 139 Å². The van der Waals surface area contributed by atoms with Crippen LogP contribution >= 0.6 is 11.8 Å². The van der Waals surface area contributed by atoms with Crippen molar-refractivity contribution >= 4 is 29.3 Å². The molecule has 1 heterocycles. The standard InChI is InChI=1S/C18H16N2O2S/c1-3-10-20-14-11-12(17(21)19-2)8-9-16(14)23-15-7-5-4-6-13(15)18(20)22/h3-9,11H,1,10H2,2H3,(H,19,21). The molecule has 1 N–H and O–H groups in total. The maximum atomic E-state index is 12.9. The van der Waals surface area contributed by atoms with E-state index >= 15 is 0 Å². The van der Waals surface area contributed by atoms with Crippen molar-refractivity contribution in [3.8, 4) is 0 Å². The second-order valence-corrected chi connectivity index (χ2v) is 6.15. The van der Waals surface area contributed by atoms with Crippen molar-refractivity contribution in [2.75, 3.05) is 18.5 Å². The average molecular weight is 324 g/mol. The first kappa shape index (κ1) is 15.4. The van der Waals surface area contributed by atoms with Gasteiger partial charge in [-0.3, -0.25) is 9.59 Å². The monoisotopic (exact) mass is 324 g/mol. The maximum absolute atomic E-state index is 12.9. The van der Waals surface area contributed by atoms with Gasteiger partial charge in [-0.05, 0) is 30.3 Å². The van der Waals surface area contributed by atoms with Gasteiger partial charge in [-0.25, -0.2) is 0 Å². The van der Waals surface area contributed by atoms with Gasteiger partial charge >= 0.3 is 0 Å². The molecular formula is C18H16N2O2S. The van der Waals surface area contributed by atoms with Crippen LogP contribution in [0, 0.1) is 0 Å². The van der Waals surface area contributed by atoms with Crippen molar-refractivity contribution < 1.29 is 9.59 Å². The molecular weight excluding hydrogens is 308 g/mol. The first-order valence-corrected chi connectivity index (χ1v) is 8.03. The van der Waals surface area contributed by atoms with Gasteiger partial charge in [0.25, 0.3) is 11.8 Å². The number of anilines is 1. The Morgan fingerprint density at radius 1 is 1.26 bits per heavy atom. The third kappa shape index (κ3) is 2.75. The third-order valence-corrected chi connectivity index (χ3v) is 4.77. The largest absolute Gasteiger partial charge is 0.355 e. The SMILES string of the molecule is C=CCN1C(=O)c2ccccc2Sc2ccc(C(=O)NC)cc21. The molecule has 1 aliphatic heterocycles. The summed E-state index contributed by atoms with van der Waals surface area (Å²) >= 11 is 1.54. The highest BCUT2D eigenvalue weighted by Gasteiger charge is 2.27.